The first-order valence-corrected chi connectivity index (χ1v) is 11.6. The van der Waals surface area contributed by atoms with Crippen LogP contribution in [0.25, 0.3) is 11.0 Å². The van der Waals surface area contributed by atoms with Crippen molar-refractivity contribution in [2.75, 3.05) is 25.8 Å². The van der Waals surface area contributed by atoms with Crippen LogP contribution >= 0.6 is 0 Å². The average molecular weight is 492 g/mol. The van der Waals surface area contributed by atoms with Gasteiger partial charge in [0.1, 0.15) is 16.9 Å². The van der Waals surface area contributed by atoms with E-state index >= 15 is 0 Å². The van der Waals surface area contributed by atoms with E-state index in [0.29, 0.717) is 24.2 Å². The number of nitrogens with one attached hydrogen (secondary N) is 1. The monoisotopic (exact) mass is 491 g/mol. The van der Waals surface area contributed by atoms with Crippen molar-refractivity contribution in [2.24, 2.45) is 0 Å². The molecule has 0 fully saturated rings. The van der Waals surface area contributed by atoms with Gasteiger partial charge < -0.3 is 18.7 Å². The van der Waals surface area contributed by atoms with Gasteiger partial charge in [0.15, 0.2) is 16.3 Å². The van der Waals surface area contributed by atoms with Crippen LogP contribution < -0.4 is 18.9 Å². The Kier molecular flexibility index (Phi) is 6.54. The number of hydrogen-bond acceptors (Lipinski definition) is 9. The number of rotatable bonds is 10. The predicted molar refractivity (Wildman–Crippen MR) is 119 cm³/mol. The molecule has 1 N–H and O–H groups in total. The minimum atomic E-state index is -4.32. The van der Waals surface area contributed by atoms with Crippen molar-refractivity contribution >= 4 is 26.8 Å². The number of nitrogens with zero attached hydrogens (tertiary/aromatic N) is 4. The first kappa shape index (κ1) is 23.3. The van der Waals surface area contributed by atoms with Crippen LogP contribution in [0.3, 0.4) is 0 Å². The lowest BCUT2D eigenvalue weighted by Gasteiger charge is -2.15. The zero-order chi connectivity index (χ0) is 24.3. The molecule has 34 heavy (non-hydrogen) atoms. The number of alkyl halides is 1. The van der Waals surface area contributed by atoms with Crippen LogP contribution in [0.5, 0.6) is 17.4 Å². The third-order valence-corrected chi connectivity index (χ3v) is 6.32. The molecular weight excluding hydrogens is 469 g/mol. The molecule has 13 heteroatoms. The van der Waals surface area contributed by atoms with E-state index in [1.165, 1.54) is 20.3 Å². The number of sulfonamides is 1. The smallest absolute Gasteiger partial charge is 0.272 e. The summed E-state index contributed by atoms with van der Waals surface area (Å²) in [5, 5.41) is 8.13. The standard InChI is InChI=1S/C21H22FN5O6S/c1-4-14-10-17(30-2)19(21(24-14)31-3)34(28,29)26-20-18-15(32-12-22)8-13(9-16(18)33-25-20)11-27-7-5-6-23-27/h5-10H,4,11-12H2,1-3H3,(H,25,26). The van der Waals surface area contributed by atoms with E-state index in [2.05, 4.69) is 20.0 Å². The van der Waals surface area contributed by atoms with E-state index in [1.807, 2.05) is 6.92 Å². The van der Waals surface area contributed by atoms with Crippen molar-refractivity contribution in [1.29, 1.82) is 0 Å². The van der Waals surface area contributed by atoms with Crippen LogP contribution in [0.15, 0.2) is 46.1 Å². The van der Waals surface area contributed by atoms with E-state index in [4.69, 9.17) is 18.7 Å². The Hall–Kier alpha value is -3.87. The number of aromatic nitrogens is 4. The molecular formula is C21H22FN5O6S. The van der Waals surface area contributed by atoms with Gasteiger partial charge in [0.25, 0.3) is 10.0 Å². The number of methoxy groups -OCH3 is 2. The second-order valence-corrected chi connectivity index (χ2v) is 8.69. The third kappa shape index (κ3) is 4.46. The van der Waals surface area contributed by atoms with E-state index in [0.717, 1.165) is 0 Å². The fraction of sp³-hybridized carbons (Fsp3) is 0.286. The summed E-state index contributed by atoms with van der Waals surface area (Å²) >= 11 is 0. The zero-order valence-corrected chi connectivity index (χ0v) is 19.4. The molecule has 4 aromatic rings. The molecule has 0 saturated carbocycles. The highest BCUT2D eigenvalue weighted by Crippen LogP contribution is 2.38. The molecule has 0 amide bonds. The number of anilines is 1. The Morgan fingerprint density at radius 1 is 1.18 bits per heavy atom. The molecule has 3 aromatic heterocycles. The van der Waals surface area contributed by atoms with E-state index in [9.17, 15) is 12.8 Å². The van der Waals surface area contributed by atoms with Crippen LogP contribution in [-0.4, -0.2) is 49.4 Å². The lowest BCUT2D eigenvalue weighted by Crippen LogP contribution is -2.17. The Bertz CT molecular complexity index is 1380. The molecule has 0 bridgehead atoms. The molecule has 0 aliphatic carbocycles. The highest BCUT2D eigenvalue weighted by atomic mass is 32.2. The number of fused-ring (bicyclic) bond motifs is 1. The summed E-state index contributed by atoms with van der Waals surface area (Å²) in [7, 11) is -1.67. The van der Waals surface area contributed by atoms with Crippen molar-refractivity contribution in [1.82, 2.24) is 19.9 Å². The maximum absolute atomic E-state index is 13.3. The van der Waals surface area contributed by atoms with Crippen molar-refractivity contribution in [3.8, 4) is 17.4 Å². The Morgan fingerprint density at radius 2 is 2.00 bits per heavy atom. The number of aryl methyl sites for hydroxylation is 1. The van der Waals surface area contributed by atoms with Gasteiger partial charge in [0.2, 0.25) is 12.7 Å². The maximum atomic E-state index is 13.3. The molecule has 11 nitrogen and oxygen atoms in total. The Balaban J connectivity index is 1.77. The van der Waals surface area contributed by atoms with Gasteiger partial charge in [-0.1, -0.05) is 12.1 Å². The summed E-state index contributed by atoms with van der Waals surface area (Å²) in [4.78, 5) is 3.91. The fourth-order valence-electron chi connectivity index (χ4n) is 3.44. The summed E-state index contributed by atoms with van der Waals surface area (Å²) in [6, 6.07) is 6.49. The van der Waals surface area contributed by atoms with Gasteiger partial charge in [-0.05, 0) is 30.2 Å². The van der Waals surface area contributed by atoms with Crippen LogP contribution in [0.1, 0.15) is 18.2 Å². The topological polar surface area (TPSA) is 131 Å². The van der Waals surface area contributed by atoms with Crippen molar-refractivity contribution in [3.63, 3.8) is 0 Å². The summed E-state index contributed by atoms with van der Waals surface area (Å²) in [5.41, 5.74) is 1.47. The van der Waals surface area contributed by atoms with Gasteiger partial charge in [-0.15, -0.1) is 0 Å². The molecule has 0 aliphatic heterocycles. The van der Waals surface area contributed by atoms with Gasteiger partial charge in [0.05, 0.1) is 20.8 Å². The molecule has 0 radical (unpaired) electrons. The molecule has 0 aliphatic rings. The summed E-state index contributed by atoms with van der Waals surface area (Å²) in [6.07, 6.45) is 3.93. The normalized spacial score (nSPS) is 11.5. The Labute approximate surface area is 194 Å². The van der Waals surface area contributed by atoms with Crippen molar-refractivity contribution in [3.05, 3.63) is 47.9 Å². The SMILES string of the molecule is CCc1cc(OC)c(S(=O)(=O)Nc2noc3cc(Cn4cccn4)cc(OCF)c23)c(OC)n1. The van der Waals surface area contributed by atoms with E-state index in [1.54, 1.807) is 35.3 Å². The van der Waals surface area contributed by atoms with Gasteiger partial charge >= 0.3 is 0 Å². The maximum Gasteiger partial charge on any atom is 0.272 e. The molecule has 1 aromatic carbocycles. The van der Waals surface area contributed by atoms with E-state index < -0.39 is 16.9 Å². The molecule has 0 saturated heterocycles. The molecule has 180 valence electrons. The zero-order valence-electron chi connectivity index (χ0n) is 18.6. The van der Waals surface area contributed by atoms with Crippen molar-refractivity contribution < 1.29 is 31.5 Å². The summed E-state index contributed by atoms with van der Waals surface area (Å²) in [5.74, 6) is -0.226. The summed E-state index contributed by atoms with van der Waals surface area (Å²) in [6.45, 7) is 1.08. The number of ether oxygens (including phenoxy) is 3. The molecule has 0 unspecified atom stereocenters. The number of pyridine rings is 1. The van der Waals surface area contributed by atoms with Gasteiger partial charge in [-0.25, -0.2) is 17.8 Å². The average Bonchev–Trinajstić information content (AvgIpc) is 3.48. The van der Waals surface area contributed by atoms with E-state index in [-0.39, 0.29) is 39.1 Å². The van der Waals surface area contributed by atoms with Gasteiger partial charge in [-0.3, -0.25) is 9.40 Å². The van der Waals surface area contributed by atoms with Crippen LogP contribution in [-0.2, 0) is 23.0 Å². The minimum absolute atomic E-state index is 0.0470. The molecule has 0 atom stereocenters. The molecule has 0 spiro atoms. The fourth-order valence-corrected chi connectivity index (χ4v) is 4.70. The summed E-state index contributed by atoms with van der Waals surface area (Å²) < 4.78 is 64.8. The van der Waals surface area contributed by atoms with Crippen LogP contribution in [0, 0.1) is 0 Å². The molecule has 4 rings (SSSR count). The second-order valence-electron chi connectivity index (χ2n) is 7.07. The van der Waals surface area contributed by atoms with Crippen LogP contribution in [0.4, 0.5) is 10.2 Å². The Morgan fingerprint density at radius 3 is 2.65 bits per heavy atom. The number of halogens is 1. The number of benzene rings is 1. The highest BCUT2D eigenvalue weighted by molar-refractivity contribution is 7.93. The largest absolute Gasteiger partial charge is 0.495 e. The lowest BCUT2D eigenvalue weighted by atomic mass is 10.1. The minimum Gasteiger partial charge on any atom is -0.495 e. The molecule has 3 heterocycles. The first-order chi connectivity index (χ1) is 16.4. The van der Waals surface area contributed by atoms with Gasteiger partial charge in [-0.2, -0.15) is 5.10 Å². The van der Waals surface area contributed by atoms with Crippen LogP contribution in [0.2, 0.25) is 0 Å². The second kappa shape index (κ2) is 9.55. The predicted octanol–water partition coefficient (Wildman–Crippen LogP) is 3.15. The van der Waals surface area contributed by atoms with Crippen molar-refractivity contribution in [2.45, 2.75) is 24.8 Å². The first-order valence-electron chi connectivity index (χ1n) is 10.1. The quantitative estimate of drug-likeness (QED) is 0.355. The van der Waals surface area contributed by atoms with Gasteiger partial charge in [0, 0.05) is 24.2 Å². The lowest BCUT2D eigenvalue weighted by molar-refractivity contribution is 0.194. The highest BCUT2D eigenvalue weighted by Gasteiger charge is 2.30. The third-order valence-electron chi connectivity index (χ3n) is 4.95. The number of hydrogen-bond donors (Lipinski definition) is 1.